The quantitative estimate of drug-likeness (QED) is 0.294. The molecule has 0 bridgehead atoms. The molecular weight excluding hydrogens is 432 g/mol. The van der Waals surface area contributed by atoms with Gasteiger partial charge in [0.15, 0.2) is 0 Å². The first-order chi connectivity index (χ1) is 15.0. The molecule has 0 saturated carbocycles. The lowest BCUT2D eigenvalue weighted by molar-refractivity contribution is 0.0505. The number of benzene rings is 1. The van der Waals surface area contributed by atoms with E-state index in [9.17, 15) is 9.59 Å². The van der Waals surface area contributed by atoms with Crippen molar-refractivity contribution in [3.05, 3.63) is 56.7 Å². The van der Waals surface area contributed by atoms with Gasteiger partial charge in [-0.25, -0.2) is 9.59 Å². The molecule has 0 fully saturated rings. The maximum absolute atomic E-state index is 12.4. The number of nitrogens with zero attached hydrogens (tertiary/aromatic N) is 1. The molecule has 0 radical (unpaired) electrons. The van der Waals surface area contributed by atoms with Gasteiger partial charge in [-0.15, -0.1) is 11.3 Å². The van der Waals surface area contributed by atoms with Crippen molar-refractivity contribution in [3.63, 3.8) is 0 Å². The molecule has 2 rings (SSSR count). The summed E-state index contributed by atoms with van der Waals surface area (Å²) in [5, 5.41) is 3.64. The molecule has 0 aliphatic rings. The van der Waals surface area contributed by atoms with E-state index in [-0.39, 0.29) is 12.0 Å². The number of amides is 2. The lowest BCUT2D eigenvalue weighted by atomic mass is 10.1. The Labute approximate surface area is 194 Å². The van der Waals surface area contributed by atoms with Crippen LogP contribution in [0.25, 0.3) is 0 Å². The summed E-state index contributed by atoms with van der Waals surface area (Å²) in [6, 6.07) is 11.6. The van der Waals surface area contributed by atoms with Crippen LogP contribution in [0.2, 0.25) is 5.02 Å². The lowest BCUT2D eigenvalue weighted by Crippen LogP contribution is -2.41. The second-order valence-electron chi connectivity index (χ2n) is 7.41. The van der Waals surface area contributed by atoms with Crippen molar-refractivity contribution in [2.45, 2.75) is 52.4 Å². The highest BCUT2D eigenvalue weighted by Gasteiger charge is 2.14. The molecule has 0 atom stereocenters. The van der Waals surface area contributed by atoms with E-state index in [1.54, 1.807) is 0 Å². The van der Waals surface area contributed by atoms with E-state index in [1.807, 2.05) is 42.2 Å². The van der Waals surface area contributed by atoms with Gasteiger partial charge in [0.25, 0.3) is 0 Å². The zero-order valence-electron chi connectivity index (χ0n) is 18.5. The molecule has 31 heavy (non-hydrogen) atoms. The molecule has 7 heteroatoms. The first-order valence-corrected chi connectivity index (χ1v) is 12.3. The van der Waals surface area contributed by atoms with Crippen molar-refractivity contribution in [2.24, 2.45) is 0 Å². The number of carbonyl (C=O) groups excluding carboxylic acids is 2. The third kappa shape index (κ3) is 9.32. The smallest absolute Gasteiger partial charge is 0.348 e. The summed E-state index contributed by atoms with van der Waals surface area (Å²) in [6.07, 6.45) is 5.33. The van der Waals surface area contributed by atoms with Crippen molar-refractivity contribution >= 4 is 34.9 Å². The van der Waals surface area contributed by atoms with E-state index in [0.29, 0.717) is 31.1 Å². The van der Waals surface area contributed by atoms with Crippen LogP contribution in [0, 0.1) is 0 Å². The fraction of sp³-hybridized carbons (Fsp3) is 0.500. The van der Waals surface area contributed by atoms with Crippen LogP contribution < -0.4 is 5.32 Å². The average molecular weight is 465 g/mol. The van der Waals surface area contributed by atoms with Crippen LogP contribution in [-0.4, -0.2) is 43.1 Å². The highest BCUT2D eigenvalue weighted by atomic mass is 35.5. The second-order valence-corrected chi connectivity index (χ2v) is 9.02. The Morgan fingerprint density at radius 1 is 1.06 bits per heavy atom. The van der Waals surface area contributed by atoms with Gasteiger partial charge in [-0.05, 0) is 68.9 Å². The molecule has 1 aromatic heterocycles. The molecule has 0 aliphatic carbocycles. The van der Waals surface area contributed by atoms with Crippen LogP contribution in [0.15, 0.2) is 36.4 Å². The minimum Gasteiger partial charge on any atom is -0.462 e. The Kier molecular flexibility index (Phi) is 11.5. The number of hydrogen-bond donors (Lipinski definition) is 1. The van der Waals surface area contributed by atoms with Gasteiger partial charge < -0.3 is 15.0 Å². The van der Waals surface area contributed by atoms with Crippen molar-refractivity contribution in [1.82, 2.24) is 10.2 Å². The van der Waals surface area contributed by atoms with E-state index in [0.717, 1.165) is 48.4 Å². The Hall–Kier alpha value is -2.05. The topological polar surface area (TPSA) is 58.6 Å². The second kappa shape index (κ2) is 14.1. The van der Waals surface area contributed by atoms with Crippen LogP contribution in [0.1, 0.15) is 59.6 Å². The van der Waals surface area contributed by atoms with Gasteiger partial charge in [-0.2, -0.15) is 0 Å². The van der Waals surface area contributed by atoms with Crippen LogP contribution in [0.3, 0.4) is 0 Å². The molecule has 5 nitrogen and oxygen atoms in total. The van der Waals surface area contributed by atoms with Gasteiger partial charge in [0.05, 0.1) is 6.61 Å². The predicted molar refractivity (Wildman–Crippen MR) is 128 cm³/mol. The summed E-state index contributed by atoms with van der Waals surface area (Å²) in [7, 11) is 0. The molecule has 0 spiro atoms. The number of ether oxygens (including phenoxy) is 1. The molecular formula is C24H33ClN2O3S. The molecule has 1 aromatic carbocycles. The van der Waals surface area contributed by atoms with Crippen LogP contribution in [-0.2, 0) is 17.6 Å². The maximum atomic E-state index is 12.4. The number of halogens is 1. The van der Waals surface area contributed by atoms with E-state index < -0.39 is 0 Å². The van der Waals surface area contributed by atoms with Gasteiger partial charge in [0.2, 0.25) is 0 Å². The summed E-state index contributed by atoms with van der Waals surface area (Å²) in [4.78, 5) is 28.1. The molecule has 0 saturated heterocycles. The number of unbranched alkanes of at least 4 members (excludes halogenated alkanes) is 1. The number of rotatable bonds is 13. The Balaban J connectivity index is 1.80. The van der Waals surface area contributed by atoms with Gasteiger partial charge in [0, 0.05) is 29.5 Å². The first-order valence-electron chi connectivity index (χ1n) is 11.1. The zero-order chi connectivity index (χ0) is 22.5. The highest BCUT2D eigenvalue weighted by Crippen LogP contribution is 2.19. The van der Waals surface area contributed by atoms with E-state index >= 15 is 0 Å². The van der Waals surface area contributed by atoms with Crippen molar-refractivity contribution in [3.8, 4) is 0 Å². The van der Waals surface area contributed by atoms with Crippen LogP contribution in [0.4, 0.5) is 4.79 Å². The lowest BCUT2D eigenvalue weighted by Gasteiger charge is -2.23. The van der Waals surface area contributed by atoms with Crippen LogP contribution in [0.5, 0.6) is 0 Å². The number of carbonyl (C=O) groups is 2. The summed E-state index contributed by atoms with van der Waals surface area (Å²) in [6.45, 7) is 6.44. The Bertz CT molecular complexity index is 825. The van der Waals surface area contributed by atoms with Crippen molar-refractivity contribution in [1.29, 1.82) is 0 Å². The highest BCUT2D eigenvalue weighted by molar-refractivity contribution is 7.13. The number of nitrogens with one attached hydrogen (secondary N) is 1. The maximum Gasteiger partial charge on any atom is 0.348 e. The number of esters is 1. The monoisotopic (exact) mass is 464 g/mol. The van der Waals surface area contributed by atoms with Crippen molar-refractivity contribution < 1.29 is 14.3 Å². The standard InChI is InChI=1S/C24H33ClN2O3S/c1-3-5-17-30-23(28)22-14-13-21(31-22)12-8-16-27(24(29)26-4-2)15-7-10-19-9-6-11-20(25)18-19/h6,9,11,13-14,18H,3-5,7-8,10,12,15-17H2,1-2H3,(H,26,29). The Morgan fingerprint density at radius 3 is 2.55 bits per heavy atom. The molecule has 0 aliphatic heterocycles. The number of aryl methyl sites for hydroxylation is 2. The minimum absolute atomic E-state index is 0.0278. The first kappa shape index (κ1) is 25.2. The molecule has 0 unspecified atom stereocenters. The zero-order valence-corrected chi connectivity index (χ0v) is 20.1. The van der Waals surface area contributed by atoms with E-state index in [4.69, 9.17) is 16.3 Å². The van der Waals surface area contributed by atoms with Crippen LogP contribution >= 0.6 is 22.9 Å². The van der Waals surface area contributed by atoms with Crippen molar-refractivity contribution in [2.75, 3.05) is 26.2 Å². The third-order valence-electron chi connectivity index (χ3n) is 4.84. The predicted octanol–water partition coefficient (Wildman–Crippen LogP) is 5.96. The summed E-state index contributed by atoms with van der Waals surface area (Å²) >= 11 is 7.53. The van der Waals surface area contributed by atoms with Gasteiger partial charge in [-0.3, -0.25) is 0 Å². The summed E-state index contributed by atoms with van der Waals surface area (Å²) in [5.74, 6) is -0.241. The number of hydrogen-bond acceptors (Lipinski definition) is 4. The normalized spacial score (nSPS) is 10.7. The van der Waals surface area contributed by atoms with Gasteiger partial charge >= 0.3 is 12.0 Å². The third-order valence-corrected chi connectivity index (χ3v) is 6.20. The molecule has 1 heterocycles. The SMILES string of the molecule is CCCCOC(=O)c1ccc(CCCN(CCCc2cccc(Cl)c2)C(=O)NCC)s1. The molecule has 170 valence electrons. The summed E-state index contributed by atoms with van der Waals surface area (Å²) < 4.78 is 5.27. The molecule has 2 amide bonds. The number of thiophene rings is 1. The Morgan fingerprint density at radius 2 is 1.84 bits per heavy atom. The molecule has 2 aromatic rings. The van der Waals surface area contributed by atoms with Gasteiger partial charge in [0.1, 0.15) is 4.88 Å². The summed E-state index contributed by atoms with van der Waals surface area (Å²) in [5.41, 5.74) is 1.18. The van der Waals surface area contributed by atoms with Gasteiger partial charge in [-0.1, -0.05) is 37.1 Å². The van der Waals surface area contributed by atoms with E-state index in [1.165, 1.54) is 16.9 Å². The minimum atomic E-state index is -0.241. The number of urea groups is 1. The average Bonchev–Trinajstić information content (AvgIpc) is 3.22. The molecule has 1 N–H and O–H groups in total. The van der Waals surface area contributed by atoms with E-state index in [2.05, 4.69) is 18.3 Å². The largest absolute Gasteiger partial charge is 0.462 e. The fourth-order valence-corrected chi connectivity index (χ4v) is 4.35. The fourth-order valence-electron chi connectivity index (χ4n) is 3.19.